The molecule has 2 unspecified atom stereocenters. The number of rotatable bonds is 7. The second-order valence-corrected chi connectivity index (χ2v) is 14.0. The predicted molar refractivity (Wildman–Crippen MR) is 166 cm³/mol. The lowest BCUT2D eigenvalue weighted by molar-refractivity contribution is -0.141. The second kappa shape index (κ2) is 13.7. The van der Waals surface area contributed by atoms with E-state index in [-0.39, 0.29) is 29.6 Å². The molecule has 10 heteroatoms. The summed E-state index contributed by atoms with van der Waals surface area (Å²) in [5.41, 5.74) is 0.181. The molecule has 2 aliphatic carbocycles. The van der Waals surface area contributed by atoms with E-state index in [2.05, 4.69) is 4.98 Å². The third-order valence-corrected chi connectivity index (χ3v) is 10.8. The number of halogens is 3. The van der Waals surface area contributed by atoms with Crippen molar-refractivity contribution in [3.63, 3.8) is 0 Å². The van der Waals surface area contributed by atoms with Crippen molar-refractivity contribution in [3.8, 4) is 0 Å². The number of amides is 2. The van der Waals surface area contributed by atoms with E-state index in [1.165, 1.54) is 12.3 Å². The van der Waals surface area contributed by atoms with Gasteiger partial charge in [-0.25, -0.2) is 4.79 Å². The van der Waals surface area contributed by atoms with E-state index >= 15 is 0 Å². The Labute approximate surface area is 268 Å². The molecule has 46 heavy (non-hydrogen) atoms. The zero-order valence-corrected chi connectivity index (χ0v) is 26.4. The molecule has 7 nitrogen and oxygen atoms in total. The van der Waals surface area contributed by atoms with Gasteiger partial charge in [-0.15, -0.1) is 0 Å². The van der Waals surface area contributed by atoms with Gasteiger partial charge in [-0.1, -0.05) is 36.4 Å². The molecule has 0 radical (unpaired) electrons. The molecule has 2 aliphatic heterocycles. The van der Waals surface area contributed by atoms with Crippen LogP contribution in [0.4, 0.5) is 18.0 Å². The van der Waals surface area contributed by atoms with Gasteiger partial charge < -0.3 is 14.5 Å². The van der Waals surface area contributed by atoms with Crippen molar-refractivity contribution in [2.45, 2.75) is 88.8 Å². The third-order valence-electron chi connectivity index (χ3n) is 10.8. The first-order chi connectivity index (χ1) is 22.1. The van der Waals surface area contributed by atoms with Crippen molar-refractivity contribution in [1.29, 1.82) is 0 Å². The normalized spacial score (nSPS) is 27.8. The van der Waals surface area contributed by atoms with Gasteiger partial charge in [-0.05, 0) is 101 Å². The van der Waals surface area contributed by atoms with Gasteiger partial charge in [-0.2, -0.15) is 13.2 Å². The Balaban J connectivity index is 0.932. The van der Waals surface area contributed by atoms with Crippen LogP contribution in [0.15, 0.2) is 48.7 Å². The number of likely N-dealkylation sites (tertiary alicyclic amines) is 1. The van der Waals surface area contributed by atoms with Crippen molar-refractivity contribution in [1.82, 2.24) is 14.8 Å². The molecule has 1 aromatic heterocycles. The van der Waals surface area contributed by atoms with Crippen molar-refractivity contribution in [2.24, 2.45) is 23.7 Å². The highest BCUT2D eigenvalue weighted by Crippen LogP contribution is 2.40. The standard InChI is InChI=1S/C36H44F3N3O4/c37-36(38,39)31-13-10-27(22-40-31)21-25-5-4-17-35(18-14-25)24-42(34(45)46-35)23-26-8-11-30(12-9-26)33(44)41-19-15-29(16-20-41)32(43)28-6-2-1-3-7-28/h1-3,6-7,10,13,22,25-26,29-30H,4-5,8-9,11-12,14-21,23-24H2. The molecule has 4 fully saturated rings. The molecule has 0 bridgehead atoms. The Morgan fingerprint density at radius 1 is 0.870 bits per heavy atom. The van der Waals surface area contributed by atoms with Crippen LogP contribution in [0.2, 0.25) is 0 Å². The number of benzene rings is 1. The minimum absolute atomic E-state index is 0.00755. The van der Waals surface area contributed by atoms with Gasteiger partial charge in [0, 0.05) is 43.2 Å². The molecule has 4 aliphatic rings. The van der Waals surface area contributed by atoms with Gasteiger partial charge in [0.25, 0.3) is 0 Å². The highest BCUT2D eigenvalue weighted by atomic mass is 19.4. The fourth-order valence-electron chi connectivity index (χ4n) is 8.16. The van der Waals surface area contributed by atoms with Crippen LogP contribution in [0.25, 0.3) is 0 Å². The number of hydrogen-bond acceptors (Lipinski definition) is 5. The zero-order valence-electron chi connectivity index (χ0n) is 26.4. The topological polar surface area (TPSA) is 79.8 Å². The molecular formula is C36H44F3N3O4. The van der Waals surface area contributed by atoms with E-state index in [9.17, 15) is 27.6 Å². The highest BCUT2D eigenvalue weighted by molar-refractivity contribution is 5.98. The van der Waals surface area contributed by atoms with Crippen molar-refractivity contribution in [2.75, 3.05) is 26.2 Å². The van der Waals surface area contributed by atoms with E-state index < -0.39 is 17.5 Å². The Morgan fingerprint density at radius 3 is 2.28 bits per heavy atom. The molecule has 2 saturated heterocycles. The molecular weight excluding hydrogens is 595 g/mol. The molecule has 1 spiro atoms. The van der Waals surface area contributed by atoms with E-state index in [0.717, 1.165) is 75.0 Å². The van der Waals surface area contributed by atoms with Gasteiger partial charge >= 0.3 is 12.3 Å². The Hall–Kier alpha value is -3.43. The first-order valence-corrected chi connectivity index (χ1v) is 17.0. The lowest BCUT2D eigenvalue weighted by Crippen LogP contribution is -2.44. The summed E-state index contributed by atoms with van der Waals surface area (Å²) < 4.78 is 44.7. The smallest absolute Gasteiger partial charge is 0.433 e. The van der Waals surface area contributed by atoms with Crippen LogP contribution in [0.1, 0.15) is 92.2 Å². The van der Waals surface area contributed by atoms with Crippen LogP contribution in [0.3, 0.4) is 0 Å². The van der Waals surface area contributed by atoms with Crippen LogP contribution < -0.4 is 0 Å². The first kappa shape index (κ1) is 32.5. The predicted octanol–water partition coefficient (Wildman–Crippen LogP) is 7.34. The molecule has 0 N–H and O–H groups in total. The van der Waals surface area contributed by atoms with Crippen LogP contribution in [0.5, 0.6) is 0 Å². The number of pyridine rings is 1. The van der Waals surface area contributed by atoms with Crippen molar-refractivity contribution < 1.29 is 32.3 Å². The summed E-state index contributed by atoms with van der Waals surface area (Å²) >= 11 is 0. The SMILES string of the molecule is O=C(c1ccccc1)C1CCN(C(=O)C2CCC(CN3CC4(CCCC(Cc5ccc(C(F)(F)F)nc5)CC4)OC3=O)CC2)CC1. The summed E-state index contributed by atoms with van der Waals surface area (Å²) in [4.78, 5) is 46.6. The number of carbonyl (C=O) groups is 3. The molecule has 248 valence electrons. The number of ketones is 1. The first-order valence-electron chi connectivity index (χ1n) is 17.0. The lowest BCUT2D eigenvalue weighted by atomic mass is 9.80. The molecule has 2 aromatic rings. The number of hydrogen-bond donors (Lipinski definition) is 0. The summed E-state index contributed by atoms with van der Waals surface area (Å²) in [6, 6.07) is 12.0. The number of Topliss-reactive ketones (excluding diaryl/α,β-unsaturated/α-hetero) is 1. The fraction of sp³-hybridized carbons (Fsp3) is 0.611. The van der Waals surface area contributed by atoms with Crippen LogP contribution in [-0.2, 0) is 22.1 Å². The maximum atomic E-state index is 13.3. The van der Waals surface area contributed by atoms with Gasteiger partial charge in [0.1, 0.15) is 11.3 Å². The summed E-state index contributed by atoms with van der Waals surface area (Å²) in [5.74, 6) is 1.02. The van der Waals surface area contributed by atoms with Gasteiger partial charge in [0.2, 0.25) is 5.91 Å². The molecule has 2 amide bonds. The molecule has 3 heterocycles. The number of ether oxygens (including phenoxy) is 1. The van der Waals surface area contributed by atoms with E-state index in [4.69, 9.17) is 4.74 Å². The number of carbonyl (C=O) groups excluding carboxylic acids is 3. The lowest BCUT2D eigenvalue weighted by Gasteiger charge is -2.36. The van der Waals surface area contributed by atoms with Crippen molar-refractivity contribution >= 4 is 17.8 Å². The number of aromatic nitrogens is 1. The number of alkyl halides is 3. The monoisotopic (exact) mass is 639 g/mol. The van der Waals surface area contributed by atoms with Crippen LogP contribution in [-0.4, -0.2) is 64.3 Å². The third kappa shape index (κ3) is 7.58. The Bertz CT molecular complexity index is 1370. The summed E-state index contributed by atoms with van der Waals surface area (Å²) in [5, 5.41) is 0. The minimum atomic E-state index is -4.44. The quantitative estimate of drug-likeness (QED) is 0.296. The molecule has 6 rings (SSSR count). The zero-order chi connectivity index (χ0) is 32.3. The average Bonchev–Trinajstić information content (AvgIpc) is 3.24. The summed E-state index contributed by atoms with van der Waals surface area (Å²) in [6.07, 6.45) is 6.43. The average molecular weight is 640 g/mol. The largest absolute Gasteiger partial charge is 0.441 e. The van der Waals surface area contributed by atoms with E-state index in [0.29, 0.717) is 57.3 Å². The van der Waals surface area contributed by atoms with Crippen LogP contribution >= 0.6 is 0 Å². The number of nitrogens with zero attached hydrogens (tertiary/aromatic N) is 3. The molecule has 1 aromatic carbocycles. The number of piperidine rings is 1. The van der Waals surface area contributed by atoms with E-state index in [1.807, 2.05) is 40.1 Å². The molecule has 2 atom stereocenters. The summed E-state index contributed by atoms with van der Waals surface area (Å²) in [7, 11) is 0. The van der Waals surface area contributed by atoms with Crippen LogP contribution in [0, 0.1) is 23.7 Å². The maximum Gasteiger partial charge on any atom is 0.433 e. The minimum Gasteiger partial charge on any atom is -0.441 e. The Morgan fingerprint density at radius 2 is 1.61 bits per heavy atom. The van der Waals surface area contributed by atoms with Gasteiger partial charge in [0.05, 0.1) is 6.54 Å². The highest BCUT2D eigenvalue weighted by Gasteiger charge is 2.46. The van der Waals surface area contributed by atoms with E-state index in [1.54, 1.807) is 0 Å². The summed E-state index contributed by atoms with van der Waals surface area (Å²) in [6.45, 7) is 2.49. The second-order valence-electron chi connectivity index (χ2n) is 14.0. The molecule has 2 saturated carbocycles. The Kier molecular flexibility index (Phi) is 9.71. The maximum absolute atomic E-state index is 13.3. The van der Waals surface area contributed by atoms with Gasteiger partial charge in [-0.3, -0.25) is 14.6 Å². The fourth-order valence-corrected chi connectivity index (χ4v) is 8.16. The van der Waals surface area contributed by atoms with Crippen molar-refractivity contribution in [3.05, 3.63) is 65.5 Å². The van der Waals surface area contributed by atoms with Gasteiger partial charge in [0.15, 0.2) is 5.78 Å².